The van der Waals surface area contributed by atoms with Gasteiger partial charge in [0, 0.05) is 30.5 Å². The van der Waals surface area contributed by atoms with Crippen LogP contribution in [0.1, 0.15) is 37.3 Å². The van der Waals surface area contributed by atoms with Crippen LogP contribution in [0.25, 0.3) is 28.2 Å². The Balaban J connectivity index is 1.62. The Labute approximate surface area is 199 Å². The van der Waals surface area contributed by atoms with Crippen LogP contribution < -0.4 is 4.72 Å². The van der Waals surface area contributed by atoms with Gasteiger partial charge in [0.1, 0.15) is 22.9 Å². The van der Waals surface area contributed by atoms with E-state index >= 15 is 0 Å². The average molecular weight is 475 g/mol. The Morgan fingerprint density at radius 1 is 1.24 bits per heavy atom. The number of hydrogen-bond donors (Lipinski definition) is 1. The molecule has 1 aliphatic rings. The standard InChI is InChI=1S/C25H23FN6OS/c1-2-17-11-23-19(12-21(17)26)20(13-27)24(32(23)25-28-9-4-10-29-25)22-8-7-18(15-30-22)34(33)31-14-16-5-3-6-16/h4,7-12,15-16,31H,2-3,5-6,14H2,1H3. The lowest BCUT2D eigenvalue weighted by atomic mass is 9.86. The van der Waals surface area contributed by atoms with Gasteiger partial charge in [0.15, 0.2) is 0 Å². The summed E-state index contributed by atoms with van der Waals surface area (Å²) in [5, 5.41) is 10.5. The Morgan fingerprint density at radius 3 is 2.65 bits per heavy atom. The number of benzene rings is 1. The van der Waals surface area contributed by atoms with Crippen molar-refractivity contribution in [2.24, 2.45) is 5.92 Å². The summed E-state index contributed by atoms with van der Waals surface area (Å²) in [6.45, 7) is 2.60. The summed E-state index contributed by atoms with van der Waals surface area (Å²) in [7, 11) is -1.37. The zero-order valence-electron chi connectivity index (χ0n) is 18.7. The lowest BCUT2D eigenvalue weighted by Gasteiger charge is -2.25. The molecule has 1 unspecified atom stereocenters. The SMILES string of the molecule is CCc1cc2c(cc1F)c(C#N)c(-c1ccc(S(=O)NCC3CCC3)cn1)n2-c1ncccn1. The summed E-state index contributed by atoms with van der Waals surface area (Å²) in [5.74, 6) is 0.582. The second kappa shape index (κ2) is 9.41. The molecule has 1 aliphatic carbocycles. The van der Waals surface area contributed by atoms with Crippen LogP contribution in [0.4, 0.5) is 4.39 Å². The largest absolute Gasteiger partial charge is 0.275 e. The highest BCUT2D eigenvalue weighted by Crippen LogP contribution is 2.36. The molecule has 3 aromatic heterocycles. The molecular weight excluding hydrogens is 451 g/mol. The van der Waals surface area contributed by atoms with Crippen molar-refractivity contribution in [3.63, 3.8) is 0 Å². The summed E-state index contributed by atoms with van der Waals surface area (Å²) in [6, 6.07) is 10.5. The molecule has 5 rings (SSSR count). The third kappa shape index (κ3) is 4.00. The van der Waals surface area contributed by atoms with Gasteiger partial charge in [-0.25, -0.2) is 23.3 Å². The van der Waals surface area contributed by atoms with Crippen LogP contribution in [0.5, 0.6) is 0 Å². The first kappa shape index (κ1) is 22.3. The van der Waals surface area contributed by atoms with Gasteiger partial charge < -0.3 is 0 Å². The number of aryl methyl sites for hydroxylation is 1. The van der Waals surface area contributed by atoms with E-state index < -0.39 is 11.0 Å². The number of rotatable bonds is 7. The molecule has 1 aromatic carbocycles. The van der Waals surface area contributed by atoms with E-state index in [0.29, 0.717) is 51.0 Å². The van der Waals surface area contributed by atoms with Gasteiger partial charge in [-0.1, -0.05) is 13.3 Å². The fraction of sp³-hybridized carbons (Fsp3) is 0.280. The molecule has 3 heterocycles. The molecule has 1 fully saturated rings. The van der Waals surface area contributed by atoms with Crippen molar-refractivity contribution >= 4 is 21.9 Å². The molecule has 4 aromatic rings. The molecule has 34 heavy (non-hydrogen) atoms. The summed E-state index contributed by atoms with van der Waals surface area (Å²) in [5.41, 5.74) is 2.41. The number of nitrogens with one attached hydrogen (secondary N) is 1. The van der Waals surface area contributed by atoms with Crippen LogP contribution in [0, 0.1) is 23.1 Å². The Kier molecular flexibility index (Phi) is 6.18. The number of nitrogens with zero attached hydrogens (tertiary/aromatic N) is 5. The Bertz CT molecular complexity index is 1410. The third-order valence-corrected chi connectivity index (χ3v) is 7.40. The molecule has 1 atom stereocenters. The predicted molar refractivity (Wildman–Crippen MR) is 128 cm³/mol. The van der Waals surface area contributed by atoms with Crippen LogP contribution in [0.15, 0.2) is 53.8 Å². The summed E-state index contributed by atoms with van der Waals surface area (Å²) < 4.78 is 32.1. The number of aromatic nitrogens is 4. The van der Waals surface area contributed by atoms with E-state index in [4.69, 9.17) is 0 Å². The maximum Gasteiger partial charge on any atom is 0.234 e. The molecule has 0 aliphatic heterocycles. The predicted octanol–water partition coefficient (Wildman–Crippen LogP) is 4.47. The van der Waals surface area contributed by atoms with Gasteiger partial charge in [0.05, 0.1) is 27.4 Å². The fourth-order valence-electron chi connectivity index (χ4n) is 4.20. The highest BCUT2D eigenvalue weighted by atomic mass is 32.2. The van der Waals surface area contributed by atoms with Gasteiger partial charge in [-0.05, 0) is 61.1 Å². The number of halogens is 1. The van der Waals surface area contributed by atoms with Gasteiger partial charge in [-0.3, -0.25) is 9.55 Å². The van der Waals surface area contributed by atoms with E-state index in [1.807, 2.05) is 6.92 Å². The average Bonchev–Trinajstić information content (AvgIpc) is 3.16. The molecule has 1 saturated carbocycles. The van der Waals surface area contributed by atoms with E-state index in [9.17, 15) is 13.9 Å². The summed E-state index contributed by atoms with van der Waals surface area (Å²) in [6.07, 6.45) is 8.86. The minimum absolute atomic E-state index is 0.286. The number of fused-ring (bicyclic) bond motifs is 1. The van der Waals surface area contributed by atoms with Crippen LogP contribution in [-0.4, -0.2) is 30.3 Å². The smallest absolute Gasteiger partial charge is 0.234 e. The number of pyridine rings is 1. The van der Waals surface area contributed by atoms with Crippen LogP contribution >= 0.6 is 0 Å². The first-order valence-corrected chi connectivity index (χ1v) is 12.4. The van der Waals surface area contributed by atoms with Gasteiger partial charge in [-0.2, -0.15) is 5.26 Å². The molecule has 7 nitrogen and oxygen atoms in total. The van der Waals surface area contributed by atoms with Crippen molar-refractivity contribution in [1.29, 1.82) is 5.26 Å². The maximum absolute atomic E-state index is 14.7. The molecule has 9 heteroatoms. The van der Waals surface area contributed by atoms with Gasteiger partial charge in [-0.15, -0.1) is 0 Å². The second-order valence-corrected chi connectivity index (χ2v) is 9.62. The van der Waals surface area contributed by atoms with Gasteiger partial charge >= 0.3 is 0 Å². The first-order valence-electron chi connectivity index (χ1n) is 11.3. The fourth-order valence-corrected chi connectivity index (χ4v) is 5.09. The minimum atomic E-state index is -1.37. The molecule has 0 saturated heterocycles. The first-order chi connectivity index (χ1) is 16.6. The van der Waals surface area contributed by atoms with Crippen molar-refractivity contribution < 1.29 is 8.60 Å². The highest BCUT2D eigenvalue weighted by Gasteiger charge is 2.24. The van der Waals surface area contributed by atoms with Gasteiger partial charge in [0.25, 0.3) is 0 Å². The quantitative estimate of drug-likeness (QED) is 0.426. The van der Waals surface area contributed by atoms with E-state index in [1.165, 1.54) is 25.3 Å². The summed E-state index contributed by atoms with van der Waals surface area (Å²) >= 11 is 0. The maximum atomic E-state index is 14.7. The Morgan fingerprint density at radius 2 is 2.03 bits per heavy atom. The highest BCUT2D eigenvalue weighted by molar-refractivity contribution is 7.83. The van der Waals surface area contributed by atoms with Crippen LogP contribution in [-0.2, 0) is 17.4 Å². The topological polar surface area (TPSA) is 96.5 Å². The van der Waals surface area contributed by atoms with E-state index in [2.05, 4.69) is 25.7 Å². The van der Waals surface area contributed by atoms with E-state index in [-0.39, 0.29) is 11.4 Å². The lowest BCUT2D eigenvalue weighted by molar-refractivity contribution is 0.318. The monoisotopic (exact) mass is 474 g/mol. The number of hydrogen-bond acceptors (Lipinski definition) is 5. The normalized spacial score (nSPS) is 14.6. The molecule has 1 N–H and O–H groups in total. The van der Waals surface area contributed by atoms with E-state index in [0.717, 1.165) is 6.54 Å². The molecule has 0 bridgehead atoms. The Hall–Kier alpha value is -3.48. The minimum Gasteiger partial charge on any atom is -0.275 e. The molecular formula is C25H23FN6OS. The lowest BCUT2D eigenvalue weighted by Crippen LogP contribution is -2.28. The second-order valence-electron chi connectivity index (χ2n) is 8.33. The van der Waals surface area contributed by atoms with Crippen molar-refractivity contribution in [2.75, 3.05) is 6.54 Å². The van der Waals surface area contributed by atoms with Crippen molar-refractivity contribution in [2.45, 2.75) is 37.5 Å². The van der Waals surface area contributed by atoms with Crippen molar-refractivity contribution in [3.05, 3.63) is 65.9 Å². The van der Waals surface area contributed by atoms with Crippen molar-refractivity contribution in [1.82, 2.24) is 24.2 Å². The van der Waals surface area contributed by atoms with Crippen LogP contribution in [0.2, 0.25) is 0 Å². The molecule has 0 radical (unpaired) electrons. The third-order valence-electron chi connectivity index (χ3n) is 6.30. The number of nitriles is 1. The van der Waals surface area contributed by atoms with Gasteiger partial charge in [0.2, 0.25) is 5.95 Å². The molecule has 0 spiro atoms. The van der Waals surface area contributed by atoms with Crippen molar-refractivity contribution in [3.8, 4) is 23.4 Å². The molecule has 172 valence electrons. The zero-order valence-corrected chi connectivity index (χ0v) is 19.5. The molecule has 0 amide bonds. The van der Waals surface area contributed by atoms with E-state index in [1.54, 1.807) is 47.4 Å². The summed E-state index contributed by atoms with van der Waals surface area (Å²) in [4.78, 5) is 13.8. The van der Waals surface area contributed by atoms with Crippen LogP contribution in [0.3, 0.4) is 0 Å². The zero-order chi connectivity index (χ0) is 23.7.